The quantitative estimate of drug-likeness (QED) is 0.706. The van der Waals surface area contributed by atoms with Crippen LogP contribution in [-0.4, -0.2) is 37.6 Å². The second-order valence-electron chi connectivity index (χ2n) is 10.1. The fourth-order valence-electron chi connectivity index (χ4n) is 5.97. The molecule has 1 saturated heterocycles. The molecule has 4 rings (SSSR count). The lowest BCUT2D eigenvalue weighted by atomic mass is 9.65. The zero-order valence-corrected chi connectivity index (χ0v) is 18.8. The maximum atomic E-state index is 13.3. The summed E-state index contributed by atoms with van der Waals surface area (Å²) in [5.41, 5.74) is 1.43. The number of benzene rings is 1. The molecular weight excluding hydrogens is 382 g/mol. The van der Waals surface area contributed by atoms with E-state index >= 15 is 0 Å². The summed E-state index contributed by atoms with van der Waals surface area (Å²) < 4.78 is 16.3. The molecule has 1 aliphatic carbocycles. The highest BCUT2D eigenvalue weighted by Crippen LogP contribution is 2.52. The number of carbonyl (C=O) groups is 1. The van der Waals surface area contributed by atoms with Crippen molar-refractivity contribution >= 4 is 16.9 Å². The highest BCUT2D eigenvalue weighted by Gasteiger charge is 2.50. The second kappa shape index (κ2) is 7.03. The van der Waals surface area contributed by atoms with Gasteiger partial charge >= 0.3 is 5.63 Å². The number of fused-ring (bicyclic) bond motifs is 3. The third-order valence-electron chi connectivity index (χ3n) is 6.86. The van der Waals surface area contributed by atoms with Crippen molar-refractivity contribution in [2.24, 2.45) is 10.8 Å². The van der Waals surface area contributed by atoms with Crippen LogP contribution in [0.15, 0.2) is 21.3 Å². The molecule has 0 N–H and O–H groups in total. The first-order valence-corrected chi connectivity index (χ1v) is 10.5. The van der Waals surface area contributed by atoms with E-state index in [9.17, 15) is 9.59 Å². The van der Waals surface area contributed by atoms with Crippen LogP contribution in [-0.2, 0) is 11.2 Å². The molecule has 1 aromatic carbocycles. The number of likely N-dealkylation sites (tertiary alicyclic amines) is 1. The van der Waals surface area contributed by atoms with E-state index in [1.165, 1.54) is 14.2 Å². The Bertz CT molecular complexity index is 1070. The van der Waals surface area contributed by atoms with Crippen molar-refractivity contribution in [3.8, 4) is 11.5 Å². The monoisotopic (exact) mass is 413 g/mol. The fraction of sp³-hybridized carbons (Fsp3) is 0.583. The van der Waals surface area contributed by atoms with Gasteiger partial charge < -0.3 is 18.8 Å². The van der Waals surface area contributed by atoms with E-state index in [2.05, 4.69) is 20.8 Å². The fourth-order valence-corrected chi connectivity index (χ4v) is 5.97. The van der Waals surface area contributed by atoms with Crippen LogP contribution >= 0.6 is 0 Å². The Hall–Kier alpha value is -2.50. The van der Waals surface area contributed by atoms with E-state index in [0.29, 0.717) is 22.6 Å². The van der Waals surface area contributed by atoms with Crippen molar-refractivity contribution in [3.05, 3.63) is 33.7 Å². The predicted octanol–water partition coefficient (Wildman–Crippen LogP) is 4.09. The molecule has 6 nitrogen and oxygen atoms in total. The number of carbonyl (C=O) groups excluding carboxylic acids is 1. The summed E-state index contributed by atoms with van der Waals surface area (Å²) >= 11 is 0. The molecular formula is C24H31NO5. The van der Waals surface area contributed by atoms with E-state index in [1.54, 1.807) is 6.07 Å². The average Bonchev–Trinajstić information content (AvgIpc) is 2.92. The molecule has 6 heteroatoms. The summed E-state index contributed by atoms with van der Waals surface area (Å²) in [5.74, 6) is 0.893. The van der Waals surface area contributed by atoms with Gasteiger partial charge in [-0.25, -0.2) is 4.79 Å². The third kappa shape index (κ3) is 3.36. The van der Waals surface area contributed by atoms with Crippen molar-refractivity contribution in [2.75, 3.05) is 20.8 Å². The van der Waals surface area contributed by atoms with Gasteiger partial charge in [-0.1, -0.05) is 20.8 Å². The Kier molecular flexibility index (Phi) is 4.87. The molecule has 30 heavy (non-hydrogen) atoms. The highest BCUT2D eigenvalue weighted by molar-refractivity contribution is 5.90. The predicted molar refractivity (Wildman–Crippen MR) is 115 cm³/mol. The molecule has 2 heterocycles. The van der Waals surface area contributed by atoms with Gasteiger partial charge in [0, 0.05) is 18.0 Å². The summed E-state index contributed by atoms with van der Waals surface area (Å²) in [7, 11) is 3.05. The molecule has 2 fully saturated rings. The molecule has 2 bridgehead atoms. The molecule has 1 aliphatic heterocycles. The summed E-state index contributed by atoms with van der Waals surface area (Å²) in [6.45, 7) is 9.48. The van der Waals surface area contributed by atoms with Gasteiger partial charge in [0.1, 0.15) is 0 Å². The van der Waals surface area contributed by atoms with Gasteiger partial charge in [0.15, 0.2) is 11.3 Å². The van der Waals surface area contributed by atoms with Gasteiger partial charge in [0.2, 0.25) is 11.7 Å². The van der Waals surface area contributed by atoms with Crippen LogP contribution in [0.2, 0.25) is 0 Å². The van der Waals surface area contributed by atoms with E-state index in [-0.39, 0.29) is 29.2 Å². The van der Waals surface area contributed by atoms with Gasteiger partial charge in [-0.15, -0.1) is 0 Å². The minimum absolute atomic E-state index is 0.0108. The van der Waals surface area contributed by atoms with Crippen molar-refractivity contribution in [1.82, 2.24) is 4.90 Å². The topological polar surface area (TPSA) is 69.0 Å². The van der Waals surface area contributed by atoms with Gasteiger partial charge in [-0.3, -0.25) is 4.79 Å². The second-order valence-corrected chi connectivity index (χ2v) is 10.1. The number of rotatable bonds is 4. The molecule has 1 saturated carbocycles. The van der Waals surface area contributed by atoms with Crippen LogP contribution in [0.4, 0.5) is 0 Å². The first kappa shape index (κ1) is 20.8. The minimum atomic E-state index is -0.492. The van der Waals surface area contributed by atoms with Gasteiger partial charge in [-0.05, 0) is 54.7 Å². The maximum Gasteiger partial charge on any atom is 0.340 e. The summed E-state index contributed by atoms with van der Waals surface area (Å²) in [5, 5.41) is 0.753. The van der Waals surface area contributed by atoms with Crippen LogP contribution in [0, 0.1) is 17.8 Å². The van der Waals surface area contributed by atoms with Crippen LogP contribution in [0.1, 0.15) is 51.2 Å². The van der Waals surface area contributed by atoms with E-state index in [1.807, 2.05) is 17.9 Å². The summed E-state index contributed by atoms with van der Waals surface area (Å²) in [6.07, 6.45) is 3.24. The Morgan fingerprint density at radius 1 is 1.20 bits per heavy atom. The van der Waals surface area contributed by atoms with Crippen molar-refractivity contribution < 1.29 is 18.7 Å². The van der Waals surface area contributed by atoms with Crippen LogP contribution in [0.5, 0.6) is 11.5 Å². The molecule has 2 atom stereocenters. The van der Waals surface area contributed by atoms with Gasteiger partial charge in [-0.2, -0.15) is 0 Å². The number of amides is 1. The number of hydrogen-bond donors (Lipinski definition) is 0. The normalized spacial score (nSPS) is 24.9. The lowest BCUT2D eigenvalue weighted by molar-refractivity contribution is -0.131. The Balaban J connectivity index is 1.68. The SMILES string of the molecule is COc1ccc2c(C)c(CC(=O)N3C[C@]4(C)C[C@H]3CC(C)(C)C4)c(=O)oc2c1OC. The zero-order valence-electron chi connectivity index (χ0n) is 18.8. The number of aryl methyl sites for hydroxylation is 1. The van der Waals surface area contributed by atoms with Crippen molar-refractivity contribution in [2.45, 2.75) is 59.4 Å². The molecule has 162 valence electrons. The van der Waals surface area contributed by atoms with Crippen LogP contribution in [0.25, 0.3) is 11.0 Å². The number of nitrogens with zero attached hydrogens (tertiary/aromatic N) is 1. The van der Waals surface area contributed by atoms with E-state index in [0.717, 1.165) is 36.8 Å². The van der Waals surface area contributed by atoms with Crippen LogP contribution in [0.3, 0.4) is 0 Å². The summed E-state index contributed by atoms with van der Waals surface area (Å²) in [4.78, 5) is 28.1. The smallest absolute Gasteiger partial charge is 0.340 e. The first-order chi connectivity index (χ1) is 14.1. The molecule has 1 aromatic heterocycles. The molecule has 1 amide bonds. The highest BCUT2D eigenvalue weighted by atomic mass is 16.5. The maximum absolute atomic E-state index is 13.3. The first-order valence-electron chi connectivity index (χ1n) is 10.5. The number of hydrogen-bond acceptors (Lipinski definition) is 5. The summed E-state index contributed by atoms with van der Waals surface area (Å²) in [6, 6.07) is 3.88. The lowest BCUT2D eigenvalue weighted by Crippen LogP contribution is -2.39. The average molecular weight is 414 g/mol. The number of methoxy groups -OCH3 is 2. The lowest BCUT2D eigenvalue weighted by Gasteiger charge is -2.39. The Morgan fingerprint density at radius 3 is 2.60 bits per heavy atom. The Labute approximate surface area is 177 Å². The molecule has 0 radical (unpaired) electrons. The minimum Gasteiger partial charge on any atom is -0.493 e. The van der Waals surface area contributed by atoms with E-state index in [4.69, 9.17) is 13.9 Å². The van der Waals surface area contributed by atoms with Crippen molar-refractivity contribution in [1.29, 1.82) is 0 Å². The molecule has 0 spiro atoms. The number of ether oxygens (including phenoxy) is 2. The zero-order chi connectivity index (χ0) is 21.8. The molecule has 2 aromatic rings. The third-order valence-corrected chi connectivity index (χ3v) is 6.86. The molecule has 0 unspecified atom stereocenters. The molecule has 2 aliphatic rings. The largest absolute Gasteiger partial charge is 0.493 e. The van der Waals surface area contributed by atoms with Crippen LogP contribution < -0.4 is 15.1 Å². The Morgan fingerprint density at radius 2 is 1.93 bits per heavy atom. The van der Waals surface area contributed by atoms with E-state index < -0.39 is 5.63 Å². The standard InChI is InChI=1S/C24H31NO5/c1-14-16-7-8-18(28-5)21(29-6)20(16)30-22(27)17(14)9-19(26)25-13-24(4)11-15(25)10-23(2,3)12-24/h7-8,15H,9-13H2,1-6H3/t15-,24-/m1/s1. The van der Waals surface area contributed by atoms with Crippen molar-refractivity contribution in [3.63, 3.8) is 0 Å². The van der Waals surface area contributed by atoms with Gasteiger partial charge in [0.05, 0.1) is 26.2 Å². The van der Waals surface area contributed by atoms with Gasteiger partial charge in [0.25, 0.3) is 0 Å².